The number of ether oxygens (including phenoxy) is 2. The predicted octanol–water partition coefficient (Wildman–Crippen LogP) is 1.56. The van der Waals surface area contributed by atoms with Gasteiger partial charge in [0.25, 0.3) is 0 Å². The summed E-state index contributed by atoms with van der Waals surface area (Å²) in [7, 11) is 1.63. The SMILES string of the molecule is COCCOCc1cccc(NC(=O)CCCO)c1. The summed E-state index contributed by atoms with van der Waals surface area (Å²) in [6.07, 6.45) is 0.802. The first kappa shape index (κ1) is 15.6. The Morgan fingerprint density at radius 2 is 2.21 bits per heavy atom. The van der Waals surface area contributed by atoms with E-state index in [-0.39, 0.29) is 12.5 Å². The van der Waals surface area contributed by atoms with E-state index >= 15 is 0 Å². The minimum absolute atomic E-state index is 0.0286. The number of rotatable bonds is 9. The molecule has 0 aromatic heterocycles. The lowest BCUT2D eigenvalue weighted by Gasteiger charge is -2.08. The second-order valence-electron chi connectivity index (χ2n) is 4.12. The van der Waals surface area contributed by atoms with Gasteiger partial charge >= 0.3 is 0 Å². The monoisotopic (exact) mass is 267 g/mol. The van der Waals surface area contributed by atoms with Crippen molar-refractivity contribution in [1.29, 1.82) is 0 Å². The highest BCUT2D eigenvalue weighted by Gasteiger charge is 2.02. The number of benzene rings is 1. The highest BCUT2D eigenvalue weighted by molar-refractivity contribution is 5.90. The molecule has 0 saturated carbocycles. The number of nitrogens with one attached hydrogen (secondary N) is 1. The zero-order valence-corrected chi connectivity index (χ0v) is 11.2. The number of hydrogen-bond donors (Lipinski definition) is 2. The van der Waals surface area contributed by atoms with Crippen molar-refractivity contribution in [3.8, 4) is 0 Å². The van der Waals surface area contributed by atoms with Gasteiger partial charge in [0.2, 0.25) is 5.91 Å². The maximum Gasteiger partial charge on any atom is 0.224 e. The highest BCUT2D eigenvalue weighted by Crippen LogP contribution is 2.12. The number of aliphatic hydroxyl groups is 1. The third-order valence-corrected chi connectivity index (χ3v) is 2.47. The van der Waals surface area contributed by atoms with Crippen molar-refractivity contribution < 1.29 is 19.4 Å². The third kappa shape index (κ3) is 6.91. The summed E-state index contributed by atoms with van der Waals surface area (Å²) in [6.45, 7) is 1.63. The Hall–Kier alpha value is -1.43. The van der Waals surface area contributed by atoms with Crippen LogP contribution in [0.4, 0.5) is 5.69 Å². The van der Waals surface area contributed by atoms with E-state index in [0.29, 0.717) is 32.7 Å². The van der Waals surface area contributed by atoms with Crippen LogP contribution in [0.15, 0.2) is 24.3 Å². The summed E-state index contributed by atoms with van der Waals surface area (Å²) in [5, 5.41) is 11.4. The second-order valence-corrected chi connectivity index (χ2v) is 4.12. The summed E-state index contributed by atoms with van der Waals surface area (Å²) in [5.74, 6) is -0.0912. The fourth-order valence-electron chi connectivity index (χ4n) is 1.53. The first-order valence-electron chi connectivity index (χ1n) is 6.32. The fraction of sp³-hybridized carbons (Fsp3) is 0.500. The van der Waals surface area contributed by atoms with Crippen LogP contribution in [-0.4, -0.2) is 37.9 Å². The van der Waals surface area contributed by atoms with Crippen LogP contribution in [0.2, 0.25) is 0 Å². The Morgan fingerprint density at radius 1 is 1.37 bits per heavy atom. The van der Waals surface area contributed by atoms with Gasteiger partial charge in [-0.1, -0.05) is 12.1 Å². The summed E-state index contributed by atoms with van der Waals surface area (Å²) < 4.78 is 10.3. The second kappa shape index (κ2) is 9.49. The Bertz CT molecular complexity index is 381. The molecule has 0 fully saturated rings. The largest absolute Gasteiger partial charge is 0.396 e. The zero-order chi connectivity index (χ0) is 13.9. The fourth-order valence-corrected chi connectivity index (χ4v) is 1.53. The quantitative estimate of drug-likeness (QED) is 0.666. The topological polar surface area (TPSA) is 67.8 Å². The molecule has 0 aliphatic carbocycles. The van der Waals surface area contributed by atoms with Gasteiger partial charge in [0, 0.05) is 25.8 Å². The van der Waals surface area contributed by atoms with E-state index in [4.69, 9.17) is 14.6 Å². The molecule has 0 unspecified atom stereocenters. The molecule has 5 nitrogen and oxygen atoms in total. The Labute approximate surface area is 113 Å². The Kier molecular flexibility index (Phi) is 7.81. The molecule has 5 heteroatoms. The number of aliphatic hydroxyl groups excluding tert-OH is 1. The standard InChI is InChI=1S/C14H21NO4/c1-18-8-9-19-11-12-4-2-5-13(10-12)15-14(17)6-3-7-16/h2,4-5,10,16H,3,6-9,11H2,1H3,(H,15,17). The van der Waals surface area contributed by atoms with E-state index in [1.807, 2.05) is 24.3 Å². The van der Waals surface area contributed by atoms with Gasteiger partial charge in [0.15, 0.2) is 0 Å². The molecule has 1 rings (SSSR count). The van der Waals surface area contributed by atoms with Gasteiger partial charge in [-0.15, -0.1) is 0 Å². The molecule has 0 aliphatic rings. The molecular formula is C14H21NO4. The molecule has 1 aromatic carbocycles. The van der Waals surface area contributed by atoms with Gasteiger partial charge in [-0.2, -0.15) is 0 Å². The van der Waals surface area contributed by atoms with E-state index in [1.54, 1.807) is 7.11 Å². The predicted molar refractivity (Wildman–Crippen MR) is 72.9 cm³/mol. The number of amides is 1. The molecule has 0 heterocycles. The lowest BCUT2D eigenvalue weighted by Crippen LogP contribution is -2.12. The highest BCUT2D eigenvalue weighted by atomic mass is 16.5. The van der Waals surface area contributed by atoms with Crippen LogP contribution in [-0.2, 0) is 20.9 Å². The van der Waals surface area contributed by atoms with Gasteiger partial charge in [0.05, 0.1) is 19.8 Å². The Balaban J connectivity index is 2.40. The molecule has 0 saturated heterocycles. The lowest BCUT2D eigenvalue weighted by molar-refractivity contribution is -0.116. The van der Waals surface area contributed by atoms with Crippen LogP contribution in [0.1, 0.15) is 18.4 Å². The summed E-state index contributed by atoms with van der Waals surface area (Å²) in [6, 6.07) is 7.52. The van der Waals surface area contributed by atoms with Crippen molar-refractivity contribution in [1.82, 2.24) is 0 Å². The number of carbonyl (C=O) groups is 1. The molecule has 1 amide bonds. The van der Waals surface area contributed by atoms with Gasteiger partial charge in [-0.25, -0.2) is 0 Å². The first-order chi connectivity index (χ1) is 9.26. The van der Waals surface area contributed by atoms with E-state index in [1.165, 1.54) is 0 Å². The first-order valence-corrected chi connectivity index (χ1v) is 6.32. The molecule has 0 bridgehead atoms. The number of carbonyl (C=O) groups excluding carboxylic acids is 1. The number of hydrogen-bond acceptors (Lipinski definition) is 4. The summed E-state index contributed by atoms with van der Waals surface area (Å²) >= 11 is 0. The molecule has 1 aromatic rings. The van der Waals surface area contributed by atoms with Gasteiger partial charge < -0.3 is 19.9 Å². The van der Waals surface area contributed by atoms with Crippen LogP contribution in [0, 0.1) is 0 Å². The van der Waals surface area contributed by atoms with E-state index in [2.05, 4.69) is 5.32 Å². The third-order valence-electron chi connectivity index (χ3n) is 2.47. The van der Waals surface area contributed by atoms with Crippen LogP contribution >= 0.6 is 0 Å². The van der Waals surface area contributed by atoms with Crippen LogP contribution in [0.25, 0.3) is 0 Å². The van der Waals surface area contributed by atoms with Crippen molar-refractivity contribution in [3.05, 3.63) is 29.8 Å². The average Bonchev–Trinajstić information content (AvgIpc) is 2.42. The Morgan fingerprint density at radius 3 is 2.95 bits per heavy atom. The molecule has 19 heavy (non-hydrogen) atoms. The van der Waals surface area contributed by atoms with Crippen molar-refractivity contribution in [2.45, 2.75) is 19.4 Å². The number of anilines is 1. The maximum absolute atomic E-state index is 11.5. The lowest BCUT2D eigenvalue weighted by atomic mass is 10.2. The van der Waals surface area contributed by atoms with Crippen molar-refractivity contribution in [2.75, 3.05) is 32.2 Å². The number of methoxy groups -OCH3 is 1. The van der Waals surface area contributed by atoms with Crippen molar-refractivity contribution >= 4 is 11.6 Å². The van der Waals surface area contributed by atoms with Crippen molar-refractivity contribution in [2.24, 2.45) is 0 Å². The van der Waals surface area contributed by atoms with Gasteiger partial charge in [0.1, 0.15) is 0 Å². The molecule has 106 valence electrons. The van der Waals surface area contributed by atoms with Gasteiger partial charge in [-0.05, 0) is 24.1 Å². The molecule has 2 N–H and O–H groups in total. The van der Waals surface area contributed by atoms with Crippen LogP contribution in [0.5, 0.6) is 0 Å². The molecule has 0 spiro atoms. The maximum atomic E-state index is 11.5. The minimum Gasteiger partial charge on any atom is -0.396 e. The zero-order valence-electron chi connectivity index (χ0n) is 11.2. The molecular weight excluding hydrogens is 246 g/mol. The van der Waals surface area contributed by atoms with Crippen molar-refractivity contribution in [3.63, 3.8) is 0 Å². The van der Waals surface area contributed by atoms with E-state index in [9.17, 15) is 4.79 Å². The van der Waals surface area contributed by atoms with Gasteiger partial charge in [-0.3, -0.25) is 4.79 Å². The van der Waals surface area contributed by atoms with E-state index in [0.717, 1.165) is 11.3 Å². The average molecular weight is 267 g/mol. The van der Waals surface area contributed by atoms with E-state index < -0.39 is 0 Å². The van der Waals surface area contributed by atoms with Crippen LogP contribution < -0.4 is 5.32 Å². The molecule has 0 radical (unpaired) electrons. The summed E-state index contributed by atoms with van der Waals surface area (Å²) in [5.41, 5.74) is 1.74. The molecule has 0 aliphatic heterocycles. The van der Waals surface area contributed by atoms with Crippen LogP contribution in [0.3, 0.4) is 0 Å². The minimum atomic E-state index is -0.0912. The summed E-state index contributed by atoms with van der Waals surface area (Å²) in [4.78, 5) is 11.5. The normalized spacial score (nSPS) is 10.4. The molecule has 0 atom stereocenters. The smallest absolute Gasteiger partial charge is 0.224 e.